The molecule has 0 aliphatic heterocycles. The maximum absolute atomic E-state index is 4.35. The van der Waals surface area contributed by atoms with Crippen molar-refractivity contribution in [1.82, 2.24) is 14.8 Å². The molecule has 2 aliphatic carbocycles. The fourth-order valence-corrected chi connectivity index (χ4v) is 3.02. The Balaban J connectivity index is 1.70. The van der Waals surface area contributed by atoms with Gasteiger partial charge in [-0.1, -0.05) is 6.42 Å². The van der Waals surface area contributed by atoms with Crippen molar-refractivity contribution < 1.29 is 0 Å². The lowest BCUT2D eigenvalue weighted by Crippen LogP contribution is -2.43. The van der Waals surface area contributed by atoms with Gasteiger partial charge in [0.05, 0.1) is 6.04 Å². The first-order valence-corrected chi connectivity index (χ1v) is 5.92. The van der Waals surface area contributed by atoms with Crippen LogP contribution in [0.2, 0.25) is 0 Å². The van der Waals surface area contributed by atoms with Crippen LogP contribution in [0, 0.1) is 9.25 Å². The Bertz CT molecular complexity index is 321. The van der Waals surface area contributed by atoms with Gasteiger partial charge in [0, 0.05) is 22.6 Å². The number of hydrogen-bond donors (Lipinski definition) is 0. The first-order chi connectivity index (χ1) is 6.27. The molecule has 3 rings (SSSR count). The highest BCUT2D eigenvalue weighted by Crippen LogP contribution is 2.60. The average molecular weight is 289 g/mol. The molecule has 2 saturated carbocycles. The van der Waals surface area contributed by atoms with Crippen LogP contribution >= 0.6 is 22.6 Å². The van der Waals surface area contributed by atoms with Crippen LogP contribution in [0.4, 0.5) is 0 Å². The minimum absolute atomic E-state index is 0.649. The second-order valence-corrected chi connectivity index (χ2v) is 5.37. The summed E-state index contributed by atoms with van der Waals surface area (Å²) in [6.07, 6.45) is 8.91. The SMILES string of the molecule is Ic1ncn(C2CC3(CCC3)C2)n1. The minimum atomic E-state index is 0.649. The number of halogens is 1. The molecule has 0 atom stereocenters. The zero-order valence-electron chi connectivity index (χ0n) is 7.41. The van der Waals surface area contributed by atoms with Gasteiger partial charge in [0.2, 0.25) is 3.83 Å². The van der Waals surface area contributed by atoms with E-state index in [-0.39, 0.29) is 0 Å². The smallest absolute Gasteiger partial charge is 0.211 e. The highest BCUT2D eigenvalue weighted by atomic mass is 127. The van der Waals surface area contributed by atoms with Crippen molar-refractivity contribution >= 4 is 22.6 Å². The molecule has 0 bridgehead atoms. The number of nitrogens with zero attached hydrogens (tertiary/aromatic N) is 3. The van der Waals surface area contributed by atoms with Crippen LogP contribution in [0.5, 0.6) is 0 Å². The normalized spacial score (nSPS) is 25.6. The van der Waals surface area contributed by atoms with E-state index in [0.717, 1.165) is 9.25 Å². The van der Waals surface area contributed by atoms with Crippen molar-refractivity contribution in [2.75, 3.05) is 0 Å². The van der Waals surface area contributed by atoms with E-state index in [2.05, 4.69) is 32.7 Å². The van der Waals surface area contributed by atoms with Crippen LogP contribution in [0.1, 0.15) is 38.1 Å². The van der Waals surface area contributed by atoms with Crippen LogP contribution in [0.15, 0.2) is 6.33 Å². The van der Waals surface area contributed by atoms with Crippen LogP contribution in [-0.2, 0) is 0 Å². The topological polar surface area (TPSA) is 30.7 Å². The van der Waals surface area contributed by atoms with Crippen LogP contribution in [0.3, 0.4) is 0 Å². The molecule has 0 aromatic carbocycles. The Labute approximate surface area is 91.1 Å². The Hall–Kier alpha value is -0.130. The third-order valence-electron chi connectivity index (χ3n) is 3.61. The molecule has 0 saturated heterocycles. The monoisotopic (exact) mass is 289 g/mol. The molecule has 70 valence electrons. The Morgan fingerprint density at radius 1 is 1.46 bits per heavy atom. The van der Waals surface area contributed by atoms with Gasteiger partial charge in [-0.25, -0.2) is 9.67 Å². The molecule has 2 fully saturated rings. The lowest BCUT2D eigenvalue weighted by Gasteiger charge is -2.53. The molecule has 1 aromatic heterocycles. The van der Waals surface area contributed by atoms with E-state index in [1.165, 1.54) is 32.1 Å². The standard InChI is InChI=1S/C9H12IN3/c10-8-11-6-13(12-8)7-4-9(5-7)2-1-3-9/h6-7H,1-5H2. The van der Waals surface area contributed by atoms with Gasteiger partial charge in [-0.05, 0) is 31.1 Å². The molecule has 13 heavy (non-hydrogen) atoms. The van der Waals surface area contributed by atoms with Gasteiger partial charge >= 0.3 is 0 Å². The summed E-state index contributed by atoms with van der Waals surface area (Å²) >= 11 is 2.16. The molecule has 3 nitrogen and oxygen atoms in total. The second kappa shape index (κ2) is 2.68. The summed E-state index contributed by atoms with van der Waals surface area (Å²) in [4.78, 5) is 4.15. The molecule has 2 aliphatic rings. The summed E-state index contributed by atoms with van der Waals surface area (Å²) < 4.78 is 2.91. The predicted molar refractivity (Wildman–Crippen MR) is 57.3 cm³/mol. The van der Waals surface area contributed by atoms with E-state index in [0.29, 0.717) is 6.04 Å². The molecule has 1 aromatic rings. The van der Waals surface area contributed by atoms with Gasteiger partial charge in [0.1, 0.15) is 6.33 Å². The maximum atomic E-state index is 4.35. The Kier molecular flexibility index (Phi) is 1.69. The fourth-order valence-electron chi connectivity index (χ4n) is 2.64. The van der Waals surface area contributed by atoms with Gasteiger partial charge in [-0.15, -0.1) is 5.10 Å². The fraction of sp³-hybridized carbons (Fsp3) is 0.778. The van der Waals surface area contributed by atoms with Crippen molar-refractivity contribution in [2.24, 2.45) is 5.41 Å². The van der Waals surface area contributed by atoms with E-state index in [1.807, 2.05) is 11.0 Å². The van der Waals surface area contributed by atoms with E-state index in [1.54, 1.807) is 0 Å². The second-order valence-electron chi connectivity index (χ2n) is 4.41. The molecular weight excluding hydrogens is 277 g/mol. The van der Waals surface area contributed by atoms with Gasteiger partial charge in [-0.3, -0.25) is 0 Å². The summed E-state index contributed by atoms with van der Waals surface area (Å²) in [5.74, 6) is 0. The number of aromatic nitrogens is 3. The highest BCUT2D eigenvalue weighted by molar-refractivity contribution is 14.1. The molecule has 1 heterocycles. The molecule has 0 N–H and O–H groups in total. The molecule has 0 amide bonds. The van der Waals surface area contributed by atoms with E-state index >= 15 is 0 Å². The van der Waals surface area contributed by atoms with Crippen molar-refractivity contribution in [3.8, 4) is 0 Å². The highest BCUT2D eigenvalue weighted by Gasteiger charge is 2.49. The zero-order valence-corrected chi connectivity index (χ0v) is 9.57. The Morgan fingerprint density at radius 2 is 2.23 bits per heavy atom. The summed E-state index contributed by atoms with van der Waals surface area (Å²) in [5.41, 5.74) is 0.738. The zero-order chi connectivity index (χ0) is 8.89. The quantitative estimate of drug-likeness (QED) is 0.743. The van der Waals surface area contributed by atoms with E-state index in [9.17, 15) is 0 Å². The predicted octanol–water partition coefficient (Wildman–Crippen LogP) is 2.39. The molecule has 0 radical (unpaired) electrons. The van der Waals surface area contributed by atoms with Crippen LogP contribution < -0.4 is 0 Å². The summed E-state index contributed by atoms with van der Waals surface area (Å²) in [6.45, 7) is 0. The lowest BCUT2D eigenvalue weighted by atomic mass is 9.54. The molecular formula is C9H12IN3. The van der Waals surface area contributed by atoms with Crippen molar-refractivity contribution in [2.45, 2.75) is 38.1 Å². The van der Waals surface area contributed by atoms with Crippen molar-refractivity contribution in [1.29, 1.82) is 0 Å². The van der Waals surface area contributed by atoms with Gasteiger partial charge in [0.15, 0.2) is 0 Å². The maximum Gasteiger partial charge on any atom is 0.211 e. The first-order valence-electron chi connectivity index (χ1n) is 4.84. The van der Waals surface area contributed by atoms with Crippen molar-refractivity contribution in [3.05, 3.63) is 10.2 Å². The van der Waals surface area contributed by atoms with Gasteiger partial charge in [0.25, 0.3) is 0 Å². The average Bonchev–Trinajstić information content (AvgIpc) is 2.29. The molecule has 1 spiro atoms. The third-order valence-corrected chi connectivity index (χ3v) is 4.10. The summed E-state index contributed by atoms with van der Waals surface area (Å²) in [5, 5.41) is 4.35. The van der Waals surface area contributed by atoms with Crippen LogP contribution in [0.25, 0.3) is 0 Å². The van der Waals surface area contributed by atoms with Gasteiger partial charge < -0.3 is 0 Å². The minimum Gasteiger partial charge on any atom is -0.249 e. The van der Waals surface area contributed by atoms with E-state index < -0.39 is 0 Å². The summed E-state index contributed by atoms with van der Waals surface area (Å²) in [7, 11) is 0. The Morgan fingerprint density at radius 3 is 2.69 bits per heavy atom. The van der Waals surface area contributed by atoms with Crippen LogP contribution in [-0.4, -0.2) is 14.8 Å². The third kappa shape index (κ3) is 1.21. The molecule has 4 heteroatoms. The van der Waals surface area contributed by atoms with E-state index in [4.69, 9.17) is 0 Å². The summed E-state index contributed by atoms with van der Waals surface area (Å²) in [6, 6.07) is 0.649. The number of hydrogen-bond acceptors (Lipinski definition) is 2. The largest absolute Gasteiger partial charge is 0.249 e. The van der Waals surface area contributed by atoms with Crippen molar-refractivity contribution in [3.63, 3.8) is 0 Å². The van der Waals surface area contributed by atoms with Gasteiger partial charge in [-0.2, -0.15) is 0 Å². The molecule has 0 unspecified atom stereocenters. The first kappa shape index (κ1) is 8.20. The lowest BCUT2D eigenvalue weighted by molar-refractivity contribution is -0.0221. The number of rotatable bonds is 1.